The first-order chi connectivity index (χ1) is 25.3. The number of rotatable bonds is 5. The van der Waals surface area contributed by atoms with Crippen molar-refractivity contribution in [3.05, 3.63) is 188 Å². The summed E-state index contributed by atoms with van der Waals surface area (Å²) in [7, 11) is 0. The Bertz CT molecular complexity index is 2440. The molecule has 9 rings (SSSR count). The van der Waals surface area contributed by atoms with Crippen LogP contribution in [0, 0.1) is 0 Å². The van der Waals surface area contributed by atoms with Gasteiger partial charge in [-0.15, -0.1) is 0 Å². The molecule has 0 aromatic heterocycles. The fourth-order valence-electron chi connectivity index (χ4n) is 7.01. The monoisotopic (exact) mass is 689 g/mol. The molecule has 0 bridgehead atoms. The van der Waals surface area contributed by atoms with Crippen LogP contribution < -0.4 is 5.32 Å². The van der Waals surface area contributed by atoms with Crippen LogP contribution in [-0.2, 0) is 0 Å². The molecule has 1 N–H and O–H groups in total. The molecule has 244 valence electrons. The zero-order valence-corrected chi connectivity index (χ0v) is 29.7. The van der Waals surface area contributed by atoms with Crippen molar-refractivity contribution in [3.8, 4) is 44.5 Å². The molecule has 1 aliphatic heterocycles. The average Bonchev–Trinajstić information content (AvgIpc) is 3.19. The van der Waals surface area contributed by atoms with Crippen LogP contribution in [0.4, 0.5) is 11.4 Å². The zero-order chi connectivity index (χ0) is 34.0. The number of hydrogen-bond acceptors (Lipinski definition) is 3. The molecule has 7 aromatic rings. The van der Waals surface area contributed by atoms with Crippen molar-refractivity contribution in [1.29, 1.82) is 0 Å². The Morgan fingerprint density at radius 1 is 0.392 bits per heavy atom. The molecule has 0 spiro atoms. The predicted molar refractivity (Wildman–Crippen MR) is 219 cm³/mol. The molecule has 0 unspecified atom stereocenters. The Hall–Kier alpha value is -5.48. The lowest BCUT2D eigenvalue weighted by molar-refractivity contribution is 1.04. The van der Waals surface area contributed by atoms with Crippen molar-refractivity contribution in [2.45, 2.75) is 32.4 Å². The van der Waals surface area contributed by atoms with Gasteiger partial charge in [-0.25, -0.2) is 0 Å². The summed E-state index contributed by atoms with van der Waals surface area (Å²) in [4.78, 5) is 5.05. The molecule has 0 atom stereocenters. The summed E-state index contributed by atoms with van der Waals surface area (Å²) in [6.45, 7) is 0. The van der Waals surface area contributed by atoms with E-state index in [2.05, 4.69) is 187 Å². The summed E-state index contributed by atoms with van der Waals surface area (Å²) in [5.41, 5.74) is 14.5. The smallest absolute Gasteiger partial charge is 0.0470 e. The second kappa shape index (κ2) is 14.0. The van der Waals surface area contributed by atoms with Gasteiger partial charge in [-0.2, -0.15) is 0 Å². The van der Waals surface area contributed by atoms with E-state index in [1.165, 1.54) is 75.2 Å². The lowest BCUT2D eigenvalue weighted by Gasteiger charge is -2.21. The second-order valence-electron chi connectivity index (χ2n) is 12.9. The summed E-state index contributed by atoms with van der Waals surface area (Å²) >= 11 is 3.74. The number of para-hydroxylation sites is 1. The summed E-state index contributed by atoms with van der Waals surface area (Å²) in [6.07, 6.45) is 9.15. The van der Waals surface area contributed by atoms with Crippen LogP contribution in [0.1, 0.15) is 18.4 Å². The van der Waals surface area contributed by atoms with E-state index in [9.17, 15) is 0 Å². The third-order valence-corrected chi connectivity index (χ3v) is 11.9. The highest BCUT2D eigenvalue weighted by molar-refractivity contribution is 8.00. The molecule has 0 saturated carbocycles. The highest BCUT2D eigenvalue weighted by atomic mass is 32.2. The quantitative estimate of drug-likeness (QED) is 0.193. The van der Waals surface area contributed by atoms with Gasteiger partial charge < -0.3 is 5.32 Å². The molecular weight excluding hydrogens is 655 g/mol. The van der Waals surface area contributed by atoms with Gasteiger partial charge in [-0.3, -0.25) is 0 Å². The Morgan fingerprint density at radius 3 is 1.75 bits per heavy atom. The van der Waals surface area contributed by atoms with Crippen LogP contribution in [0.25, 0.3) is 50.1 Å². The average molecular weight is 690 g/mol. The largest absolute Gasteiger partial charge is 0.355 e. The molecule has 7 aromatic carbocycles. The van der Waals surface area contributed by atoms with Crippen molar-refractivity contribution >= 4 is 40.5 Å². The van der Waals surface area contributed by atoms with Gasteiger partial charge in [0.1, 0.15) is 0 Å². The van der Waals surface area contributed by atoms with E-state index in [-0.39, 0.29) is 0 Å². The van der Waals surface area contributed by atoms with E-state index >= 15 is 0 Å². The van der Waals surface area contributed by atoms with Crippen molar-refractivity contribution in [2.75, 3.05) is 5.32 Å². The van der Waals surface area contributed by atoms with E-state index < -0.39 is 0 Å². The lowest BCUT2D eigenvalue weighted by Crippen LogP contribution is -1.96. The fraction of sp³-hybridized carbons (Fsp3) is 0.0417. The van der Waals surface area contributed by atoms with Crippen LogP contribution >= 0.6 is 23.5 Å². The molecule has 0 radical (unpaired) electrons. The predicted octanol–water partition coefficient (Wildman–Crippen LogP) is 14.4. The molecule has 51 heavy (non-hydrogen) atoms. The molecule has 2 aliphatic rings. The third-order valence-electron chi connectivity index (χ3n) is 9.57. The highest BCUT2D eigenvalue weighted by Crippen LogP contribution is 2.50. The molecule has 0 saturated heterocycles. The summed E-state index contributed by atoms with van der Waals surface area (Å²) in [6, 6.07) is 59.7. The highest BCUT2D eigenvalue weighted by Gasteiger charge is 2.21. The minimum atomic E-state index is 1.07. The number of benzene rings is 7. The van der Waals surface area contributed by atoms with E-state index in [4.69, 9.17) is 0 Å². The van der Waals surface area contributed by atoms with Gasteiger partial charge in [-0.05, 0) is 111 Å². The Kier molecular flexibility index (Phi) is 8.67. The first-order valence-corrected chi connectivity index (χ1v) is 19.1. The van der Waals surface area contributed by atoms with Crippen LogP contribution in [-0.4, -0.2) is 0 Å². The number of fused-ring (bicyclic) bond motifs is 6. The van der Waals surface area contributed by atoms with Gasteiger partial charge in [0.05, 0.1) is 0 Å². The van der Waals surface area contributed by atoms with Crippen molar-refractivity contribution in [1.82, 2.24) is 0 Å². The number of allylic oxidation sites excluding steroid dienone is 4. The Labute approximate surface area is 308 Å². The van der Waals surface area contributed by atoms with Crippen LogP contribution in [0.15, 0.2) is 202 Å². The Morgan fingerprint density at radius 2 is 0.980 bits per heavy atom. The molecular formula is C48H35NS2. The van der Waals surface area contributed by atoms with E-state index in [1.54, 1.807) is 0 Å². The molecule has 0 amide bonds. The maximum atomic E-state index is 3.73. The van der Waals surface area contributed by atoms with Gasteiger partial charge >= 0.3 is 0 Å². The number of hydrogen-bond donors (Lipinski definition) is 1. The number of anilines is 2. The maximum absolute atomic E-state index is 3.73. The minimum absolute atomic E-state index is 1.07. The maximum Gasteiger partial charge on any atom is 0.0470 e. The van der Waals surface area contributed by atoms with Crippen molar-refractivity contribution in [3.63, 3.8) is 0 Å². The van der Waals surface area contributed by atoms with Crippen LogP contribution in [0.2, 0.25) is 0 Å². The van der Waals surface area contributed by atoms with Gasteiger partial charge in [0.25, 0.3) is 0 Å². The van der Waals surface area contributed by atoms with Gasteiger partial charge in [0.2, 0.25) is 0 Å². The molecule has 3 heteroatoms. The van der Waals surface area contributed by atoms with Gasteiger partial charge in [0.15, 0.2) is 0 Å². The summed E-state index contributed by atoms with van der Waals surface area (Å²) < 4.78 is 0. The van der Waals surface area contributed by atoms with E-state index in [0.717, 1.165) is 24.2 Å². The summed E-state index contributed by atoms with van der Waals surface area (Å²) in [5.74, 6) is 0. The first kappa shape index (κ1) is 31.5. The minimum Gasteiger partial charge on any atom is -0.355 e. The van der Waals surface area contributed by atoms with Crippen molar-refractivity contribution in [2.24, 2.45) is 0 Å². The van der Waals surface area contributed by atoms with Gasteiger partial charge in [-0.1, -0.05) is 157 Å². The first-order valence-electron chi connectivity index (χ1n) is 17.5. The van der Waals surface area contributed by atoms with Crippen LogP contribution in [0.3, 0.4) is 0 Å². The van der Waals surface area contributed by atoms with E-state index in [0.29, 0.717) is 0 Å². The SMILES string of the molecule is C1=CC(c2ccc3c(c2)Sc2ccc(-c4ccc(-c5ccccc5)c(Nc5ccccc5)c4)cc2-c2ccccc2Sc2ccccc2-3)=CCC1. The Balaban J connectivity index is 1.20. The topological polar surface area (TPSA) is 12.0 Å². The fourth-order valence-corrected chi connectivity index (χ4v) is 9.24. The normalized spacial score (nSPS) is 13.2. The lowest BCUT2D eigenvalue weighted by atomic mass is 9.95. The van der Waals surface area contributed by atoms with Crippen molar-refractivity contribution < 1.29 is 0 Å². The molecule has 1 heterocycles. The molecule has 1 aliphatic carbocycles. The molecule has 1 nitrogen and oxygen atoms in total. The third kappa shape index (κ3) is 6.47. The zero-order valence-electron chi connectivity index (χ0n) is 28.1. The summed E-state index contributed by atoms with van der Waals surface area (Å²) in [5, 5.41) is 3.73. The van der Waals surface area contributed by atoms with Gasteiger partial charge in [0, 0.05) is 36.5 Å². The molecule has 0 fully saturated rings. The standard InChI is InChI=1S/C48H35NS2/c1-4-14-33(15-5-1)37-25-28-42-40-20-10-12-22-45(40)50-46-23-13-11-21-41(46)43-30-35(26-29-47(43)51-48(42)32-37)36-24-27-39(34-16-6-2-7-17-34)44(31-36)49-38-18-8-3-9-19-38/h2-4,6-32,49H,1,5H2. The van der Waals surface area contributed by atoms with Crippen LogP contribution in [0.5, 0.6) is 0 Å². The van der Waals surface area contributed by atoms with E-state index in [1.807, 2.05) is 23.5 Å². The number of nitrogens with one attached hydrogen (secondary N) is 1. The second-order valence-corrected chi connectivity index (χ2v) is 15.0.